The third kappa shape index (κ3) is 16.1. The Kier molecular flexibility index (Phi) is 21.4. The Balaban J connectivity index is 0.000000536. The molecule has 0 aliphatic heterocycles. The van der Waals surface area contributed by atoms with Gasteiger partial charge in [-0.2, -0.15) is 0 Å². The van der Waals surface area contributed by atoms with E-state index in [2.05, 4.69) is 96.1 Å². The molecule has 0 aliphatic rings. The highest BCUT2D eigenvalue weighted by atomic mass is 16.5. The van der Waals surface area contributed by atoms with Crippen molar-refractivity contribution in [2.75, 3.05) is 53.9 Å². The molecule has 0 aliphatic carbocycles. The van der Waals surface area contributed by atoms with E-state index in [1.165, 1.54) is 24.0 Å². The van der Waals surface area contributed by atoms with E-state index in [-0.39, 0.29) is 5.41 Å². The molecule has 4 heteroatoms. The van der Waals surface area contributed by atoms with Crippen LogP contribution in [0.3, 0.4) is 0 Å². The van der Waals surface area contributed by atoms with E-state index in [1.807, 2.05) is 6.07 Å². The normalized spacial score (nSPS) is 13.9. The van der Waals surface area contributed by atoms with Gasteiger partial charge >= 0.3 is 0 Å². The van der Waals surface area contributed by atoms with Crippen LogP contribution in [-0.2, 0) is 24.4 Å². The molecule has 0 bridgehead atoms. The number of benzene rings is 2. The van der Waals surface area contributed by atoms with Crippen molar-refractivity contribution in [2.24, 2.45) is 5.92 Å². The van der Waals surface area contributed by atoms with E-state index < -0.39 is 0 Å². The van der Waals surface area contributed by atoms with Crippen molar-refractivity contribution in [1.82, 2.24) is 0 Å². The highest BCUT2D eigenvalue weighted by Crippen LogP contribution is 2.27. The van der Waals surface area contributed by atoms with Crippen LogP contribution in [0.1, 0.15) is 77.8 Å². The highest BCUT2D eigenvalue weighted by Gasteiger charge is 2.24. The molecule has 0 aromatic heterocycles. The first-order valence-electron chi connectivity index (χ1n) is 13.6. The Morgan fingerprint density at radius 2 is 1.22 bits per heavy atom. The van der Waals surface area contributed by atoms with E-state index in [9.17, 15) is 0 Å². The van der Waals surface area contributed by atoms with E-state index in [0.717, 1.165) is 26.2 Å². The molecule has 0 spiro atoms. The van der Waals surface area contributed by atoms with Crippen molar-refractivity contribution in [3.05, 3.63) is 71.8 Å². The van der Waals surface area contributed by atoms with Crippen molar-refractivity contribution >= 4 is 0 Å². The zero-order chi connectivity index (χ0) is 27.1. The van der Waals surface area contributed by atoms with Crippen LogP contribution in [-0.4, -0.2) is 53.9 Å². The van der Waals surface area contributed by atoms with E-state index >= 15 is 0 Å². The first-order chi connectivity index (χ1) is 17.4. The summed E-state index contributed by atoms with van der Waals surface area (Å²) in [6, 6.07) is 21.2. The standard InChI is InChI=1S/C14H22O2.C10H14.C8H18O2/c1-4-14(2,12-16-11-10-15-3)13-8-6-5-7-9-13;1-3-9(2)10-7-5-4-6-8-10;1-4-8(2)7-10-6-5-9-3/h5-9H,4,10-12H2,1-3H3;4-9H,3H2,1-2H3;8H,4-7H2,1-3H3. The fraction of sp³-hybridized carbons (Fsp3) is 0.625. The molecule has 0 fully saturated rings. The lowest BCUT2D eigenvalue weighted by molar-refractivity contribution is 0.0437. The predicted molar refractivity (Wildman–Crippen MR) is 154 cm³/mol. The Bertz CT molecular complexity index is 707. The number of hydrogen-bond donors (Lipinski definition) is 0. The molecule has 0 heterocycles. The van der Waals surface area contributed by atoms with Crippen LogP contribution < -0.4 is 0 Å². The van der Waals surface area contributed by atoms with Crippen LogP contribution in [0, 0.1) is 5.92 Å². The maximum Gasteiger partial charge on any atom is 0.0700 e. The second-order valence-corrected chi connectivity index (χ2v) is 9.63. The van der Waals surface area contributed by atoms with Gasteiger partial charge in [0.2, 0.25) is 0 Å². The van der Waals surface area contributed by atoms with Gasteiger partial charge in [0.25, 0.3) is 0 Å². The lowest BCUT2D eigenvalue weighted by Crippen LogP contribution is -2.28. The van der Waals surface area contributed by atoms with Gasteiger partial charge in [0.15, 0.2) is 0 Å². The van der Waals surface area contributed by atoms with Gasteiger partial charge in [0.05, 0.1) is 33.0 Å². The molecule has 0 radical (unpaired) electrons. The van der Waals surface area contributed by atoms with Crippen LogP contribution in [0.15, 0.2) is 60.7 Å². The van der Waals surface area contributed by atoms with E-state index in [4.69, 9.17) is 18.9 Å². The molecule has 4 nitrogen and oxygen atoms in total. The van der Waals surface area contributed by atoms with Crippen molar-refractivity contribution < 1.29 is 18.9 Å². The second kappa shape index (κ2) is 22.5. The Hall–Kier alpha value is -1.72. The average Bonchev–Trinajstić information content (AvgIpc) is 2.94. The van der Waals surface area contributed by atoms with Gasteiger partial charge in [0, 0.05) is 26.2 Å². The number of hydrogen-bond acceptors (Lipinski definition) is 4. The quantitative estimate of drug-likeness (QED) is 0.232. The topological polar surface area (TPSA) is 36.9 Å². The first kappa shape index (κ1) is 34.3. The van der Waals surface area contributed by atoms with Crippen LogP contribution in [0.5, 0.6) is 0 Å². The summed E-state index contributed by atoms with van der Waals surface area (Å²) in [6.07, 6.45) is 3.49. The summed E-state index contributed by atoms with van der Waals surface area (Å²) in [5.41, 5.74) is 2.90. The van der Waals surface area contributed by atoms with Gasteiger partial charge < -0.3 is 18.9 Å². The molecule has 206 valence electrons. The smallest absolute Gasteiger partial charge is 0.0700 e. The van der Waals surface area contributed by atoms with Gasteiger partial charge in [-0.3, -0.25) is 0 Å². The molecular weight excluding hydrogens is 448 g/mol. The first-order valence-corrected chi connectivity index (χ1v) is 13.6. The largest absolute Gasteiger partial charge is 0.382 e. The predicted octanol–water partition coefficient (Wildman–Crippen LogP) is 7.91. The van der Waals surface area contributed by atoms with E-state index in [1.54, 1.807) is 14.2 Å². The molecular formula is C32H54O4. The Morgan fingerprint density at radius 3 is 1.69 bits per heavy atom. The lowest BCUT2D eigenvalue weighted by Gasteiger charge is -2.28. The van der Waals surface area contributed by atoms with Crippen molar-refractivity contribution in [2.45, 2.75) is 72.1 Å². The maximum atomic E-state index is 5.66. The SMILES string of the molecule is CCC(C)(COCCOC)c1ccccc1.CCC(C)COCCOC.CCC(C)c1ccccc1. The highest BCUT2D eigenvalue weighted by molar-refractivity contribution is 5.24. The van der Waals surface area contributed by atoms with Crippen LogP contribution in [0.25, 0.3) is 0 Å². The minimum absolute atomic E-state index is 0.106. The fourth-order valence-electron chi connectivity index (χ4n) is 3.23. The van der Waals surface area contributed by atoms with Crippen molar-refractivity contribution in [3.63, 3.8) is 0 Å². The molecule has 2 aromatic rings. The maximum absolute atomic E-state index is 5.66. The monoisotopic (exact) mass is 502 g/mol. The van der Waals surface area contributed by atoms with Gasteiger partial charge in [-0.25, -0.2) is 0 Å². The molecule has 0 amide bonds. The van der Waals surface area contributed by atoms with Gasteiger partial charge in [-0.1, -0.05) is 109 Å². The van der Waals surface area contributed by atoms with Gasteiger partial charge in [-0.15, -0.1) is 0 Å². The fourth-order valence-corrected chi connectivity index (χ4v) is 3.23. The molecule has 0 saturated heterocycles. The summed E-state index contributed by atoms with van der Waals surface area (Å²) in [5.74, 6) is 1.39. The third-order valence-corrected chi connectivity index (χ3v) is 6.62. The number of methoxy groups -OCH3 is 2. The minimum Gasteiger partial charge on any atom is -0.382 e. The molecule has 0 saturated carbocycles. The molecule has 3 unspecified atom stereocenters. The van der Waals surface area contributed by atoms with Crippen molar-refractivity contribution in [3.8, 4) is 0 Å². The molecule has 3 atom stereocenters. The molecule has 36 heavy (non-hydrogen) atoms. The van der Waals surface area contributed by atoms with E-state index in [0.29, 0.717) is 31.7 Å². The van der Waals surface area contributed by atoms with Crippen LogP contribution in [0.2, 0.25) is 0 Å². The Morgan fingerprint density at radius 1 is 0.694 bits per heavy atom. The zero-order valence-corrected chi connectivity index (χ0v) is 24.4. The van der Waals surface area contributed by atoms with Crippen LogP contribution in [0.4, 0.5) is 0 Å². The lowest BCUT2D eigenvalue weighted by atomic mass is 9.81. The Labute approximate surface area is 222 Å². The molecule has 0 N–H and O–H groups in total. The number of rotatable bonds is 15. The number of ether oxygens (including phenoxy) is 4. The molecule has 2 rings (SSSR count). The summed E-state index contributed by atoms with van der Waals surface area (Å²) in [7, 11) is 3.38. The van der Waals surface area contributed by atoms with Gasteiger partial charge in [-0.05, 0) is 35.8 Å². The average molecular weight is 503 g/mol. The summed E-state index contributed by atoms with van der Waals surface area (Å²) >= 11 is 0. The second-order valence-electron chi connectivity index (χ2n) is 9.63. The minimum atomic E-state index is 0.106. The van der Waals surface area contributed by atoms with Crippen LogP contribution >= 0.6 is 0 Å². The zero-order valence-electron chi connectivity index (χ0n) is 24.4. The summed E-state index contributed by atoms with van der Waals surface area (Å²) in [5, 5.41) is 0. The molecule has 2 aromatic carbocycles. The summed E-state index contributed by atoms with van der Waals surface area (Å²) < 4.78 is 20.8. The summed E-state index contributed by atoms with van der Waals surface area (Å²) in [6.45, 7) is 17.6. The summed E-state index contributed by atoms with van der Waals surface area (Å²) in [4.78, 5) is 0. The van der Waals surface area contributed by atoms with Crippen molar-refractivity contribution in [1.29, 1.82) is 0 Å². The van der Waals surface area contributed by atoms with Gasteiger partial charge in [0.1, 0.15) is 0 Å². The third-order valence-electron chi connectivity index (χ3n) is 6.62.